The van der Waals surface area contributed by atoms with Gasteiger partial charge in [-0.25, -0.2) is 19.6 Å². The fourth-order valence-electron chi connectivity index (χ4n) is 5.95. The first-order chi connectivity index (χ1) is 24.1. The predicted molar refractivity (Wildman–Crippen MR) is 183 cm³/mol. The average molecular weight is 677 g/mol. The molecule has 0 bridgehead atoms. The van der Waals surface area contributed by atoms with Gasteiger partial charge in [0.1, 0.15) is 0 Å². The quantitative estimate of drug-likeness (QED) is 0.187. The number of benzene rings is 4. The molecule has 6 aromatic rings. The Morgan fingerprint density at radius 3 is 1.98 bits per heavy atom. The summed E-state index contributed by atoms with van der Waals surface area (Å²) in [6.07, 6.45) is -1.24. The second-order valence-corrected chi connectivity index (χ2v) is 11.9. The molecule has 1 aliphatic rings. The fraction of sp³-hybridized carbons (Fsp3) is 0.184. The zero-order chi connectivity index (χ0) is 35.3. The SMILES string of the molecule is N#Cc1ccc2nc(-c3ccc(CN4CCC(n5cc(-c6ccccc6)[nH]c5=O)CC4)cc3)c(-c3ccccc3)nc2c1.O=C(O)C(F)(F)F. The fourth-order valence-corrected chi connectivity index (χ4v) is 5.95. The molecule has 1 aliphatic heterocycles. The van der Waals surface area contributed by atoms with E-state index >= 15 is 0 Å². The zero-order valence-electron chi connectivity index (χ0n) is 26.6. The minimum absolute atomic E-state index is 0.0370. The van der Waals surface area contributed by atoms with Crippen LogP contribution in [0.4, 0.5) is 13.2 Å². The lowest BCUT2D eigenvalue weighted by Crippen LogP contribution is -2.36. The number of halogens is 3. The van der Waals surface area contributed by atoms with Crippen LogP contribution in [0.5, 0.6) is 0 Å². The van der Waals surface area contributed by atoms with Crippen LogP contribution < -0.4 is 5.69 Å². The van der Waals surface area contributed by atoms with Crippen molar-refractivity contribution in [3.63, 3.8) is 0 Å². The van der Waals surface area contributed by atoms with E-state index in [1.54, 1.807) is 12.1 Å². The van der Waals surface area contributed by atoms with Crippen LogP contribution in [-0.2, 0) is 11.3 Å². The molecule has 2 N–H and O–H groups in total. The topological polar surface area (TPSA) is 128 Å². The summed E-state index contributed by atoms with van der Waals surface area (Å²) in [5.74, 6) is -2.76. The molecule has 7 rings (SSSR count). The Labute approximate surface area is 284 Å². The average Bonchev–Trinajstić information content (AvgIpc) is 3.53. The number of carboxylic acids is 1. The maximum atomic E-state index is 12.7. The molecule has 252 valence electrons. The minimum atomic E-state index is -5.08. The van der Waals surface area contributed by atoms with Crippen LogP contribution in [0.1, 0.15) is 30.0 Å². The largest absolute Gasteiger partial charge is 0.490 e. The number of aromatic nitrogens is 4. The number of H-pyrrole nitrogens is 1. The Morgan fingerprint density at radius 1 is 0.840 bits per heavy atom. The van der Waals surface area contributed by atoms with Gasteiger partial charge in [-0.05, 0) is 42.2 Å². The number of nitriles is 1. The number of alkyl halides is 3. The van der Waals surface area contributed by atoms with Gasteiger partial charge in [-0.1, -0.05) is 84.9 Å². The normalized spacial score (nSPS) is 13.7. The second kappa shape index (κ2) is 14.6. The Kier molecular flexibility index (Phi) is 9.87. The monoisotopic (exact) mass is 676 g/mol. The first-order valence-electron chi connectivity index (χ1n) is 15.8. The molecule has 0 atom stereocenters. The highest BCUT2D eigenvalue weighted by Gasteiger charge is 2.38. The van der Waals surface area contributed by atoms with Gasteiger partial charge in [-0.15, -0.1) is 0 Å². The number of carboxylic acid groups (broad SMARTS) is 1. The molecular weight excluding hydrogens is 645 g/mol. The number of piperidine rings is 1. The highest BCUT2D eigenvalue weighted by atomic mass is 19.4. The van der Waals surface area contributed by atoms with E-state index in [-0.39, 0.29) is 11.7 Å². The summed E-state index contributed by atoms with van der Waals surface area (Å²) in [5, 5.41) is 16.5. The summed E-state index contributed by atoms with van der Waals surface area (Å²) in [5.41, 5.74) is 8.74. The minimum Gasteiger partial charge on any atom is -0.475 e. The summed E-state index contributed by atoms with van der Waals surface area (Å²) >= 11 is 0. The Balaban J connectivity index is 0.000000561. The number of hydrogen-bond acceptors (Lipinski definition) is 6. The van der Waals surface area contributed by atoms with E-state index in [0.29, 0.717) is 11.1 Å². The Hall–Kier alpha value is -6.06. The van der Waals surface area contributed by atoms with Gasteiger partial charge in [0.15, 0.2) is 0 Å². The molecule has 0 amide bonds. The molecule has 0 saturated carbocycles. The molecule has 1 fully saturated rings. The van der Waals surface area contributed by atoms with Crippen LogP contribution in [0.25, 0.3) is 44.8 Å². The van der Waals surface area contributed by atoms with Gasteiger partial charge in [0, 0.05) is 43.0 Å². The first kappa shape index (κ1) is 33.8. The van der Waals surface area contributed by atoms with Crippen molar-refractivity contribution in [3.05, 3.63) is 131 Å². The van der Waals surface area contributed by atoms with Crippen LogP contribution in [-0.4, -0.2) is 54.8 Å². The van der Waals surface area contributed by atoms with E-state index in [1.807, 2.05) is 77.5 Å². The Morgan fingerprint density at radius 2 is 1.40 bits per heavy atom. The van der Waals surface area contributed by atoms with Crippen LogP contribution in [0.15, 0.2) is 114 Å². The maximum absolute atomic E-state index is 12.7. The summed E-state index contributed by atoms with van der Waals surface area (Å²) in [4.78, 5) is 37.1. The molecule has 2 aromatic heterocycles. The van der Waals surface area contributed by atoms with Gasteiger partial charge in [-0.2, -0.15) is 18.4 Å². The Bertz CT molecular complexity index is 2200. The molecule has 0 spiro atoms. The van der Waals surface area contributed by atoms with Crippen molar-refractivity contribution in [1.82, 2.24) is 24.4 Å². The summed E-state index contributed by atoms with van der Waals surface area (Å²) < 4.78 is 33.6. The summed E-state index contributed by atoms with van der Waals surface area (Å²) in [7, 11) is 0. The van der Waals surface area contributed by atoms with Gasteiger partial charge in [0.2, 0.25) is 0 Å². The number of hydrogen-bond donors (Lipinski definition) is 2. The molecule has 0 aliphatic carbocycles. The van der Waals surface area contributed by atoms with Crippen molar-refractivity contribution in [2.45, 2.75) is 31.6 Å². The lowest BCUT2D eigenvalue weighted by Gasteiger charge is -2.32. The van der Waals surface area contributed by atoms with Gasteiger partial charge in [0.25, 0.3) is 0 Å². The van der Waals surface area contributed by atoms with E-state index in [2.05, 4.69) is 40.2 Å². The van der Waals surface area contributed by atoms with Crippen LogP contribution in [0.2, 0.25) is 0 Å². The number of fused-ring (bicyclic) bond motifs is 1. The molecule has 0 unspecified atom stereocenters. The molecule has 50 heavy (non-hydrogen) atoms. The molecule has 3 heterocycles. The third-order valence-corrected chi connectivity index (χ3v) is 8.50. The standard InChI is InChI=1S/C36H30N6O.C2HF3O2/c37-22-26-13-16-31-32(21-26)39-34(28-9-5-2-6-10-28)35(38-31)29-14-11-25(12-15-29)23-41-19-17-30(18-20-41)42-24-33(40-36(42)43)27-7-3-1-4-8-27;3-2(4,5)1(6)7/h1-16,21,24,30H,17-20,23H2,(H,40,43);(H,6,7). The highest BCUT2D eigenvalue weighted by molar-refractivity contribution is 5.86. The van der Waals surface area contributed by atoms with Crippen molar-refractivity contribution in [3.8, 4) is 39.8 Å². The second-order valence-electron chi connectivity index (χ2n) is 11.9. The van der Waals surface area contributed by atoms with Crippen molar-refractivity contribution < 1.29 is 23.1 Å². The number of rotatable bonds is 6. The first-order valence-corrected chi connectivity index (χ1v) is 15.8. The number of nitrogens with zero attached hydrogens (tertiary/aromatic N) is 5. The van der Waals surface area contributed by atoms with Crippen molar-refractivity contribution >= 4 is 17.0 Å². The van der Waals surface area contributed by atoms with E-state index in [4.69, 9.17) is 19.9 Å². The third kappa shape index (κ3) is 7.80. The molecule has 1 saturated heterocycles. The molecule has 4 aromatic carbocycles. The molecule has 12 heteroatoms. The number of imidazole rings is 1. The third-order valence-electron chi connectivity index (χ3n) is 8.50. The van der Waals surface area contributed by atoms with E-state index in [9.17, 15) is 23.2 Å². The van der Waals surface area contributed by atoms with Gasteiger partial charge in [0.05, 0.1) is 39.7 Å². The highest BCUT2D eigenvalue weighted by Crippen LogP contribution is 2.32. The van der Waals surface area contributed by atoms with Crippen molar-refractivity contribution in [1.29, 1.82) is 5.26 Å². The van der Waals surface area contributed by atoms with Crippen LogP contribution in [0.3, 0.4) is 0 Å². The number of carbonyl (C=O) groups is 1. The molecular formula is C38H31F3N6O3. The lowest BCUT2D eigenvalue weighted by atomic mass is 10.0. The number of aromatic amines is 1. The number of nitrogens with one attached hydrogen (secondary N) is 1. The predicted octanol–water partition coefficient (Wildman–Crippen LogP) is 7.46. The van der Waals surface area contributed by atoms with Gasteiger partial charge < -0.3 is 10.1 Å². The van der Waals surface area contributed by atoms with E-state index in [1.165, 1.54) is 5.56 Å². The van der Waals surface area contributed by atoms with E-state index in [0.717, 1.165) is 71.8 Å². The van der Waals surface area contributed by atoms with Gasteiger partial charge in [-0.3, -0.25) is 9.47 Å². The maximum Gasteiger partial charge on any atom is 0.490 e. The number of likely N-dealkylation sites (tertiary alicyclic amines) is 1. The molecule has 0 radical (unpaired) electrons. The van der Waals surface area contributed by atoms with E-state index < -0.39 is 12.1 Å². The van der Waals surface area contributed by atoms with Crippen LogP contribution in [0, 0.1) is 11.3 Å². The summed E-state index contributed by atoms with van der Waals surface area (Å²) in [6, 6.07) is 36.5. The van der Waals surface area contributed by atoms with Crippen molar-refractivity contribution in [2.75, 3.05) is 13.1 Å². The number of aliphatic carboxylic acids is 1. The van der Waals surface area contributed by atoms with Crippen molar-refractivity contribution in [2.24, 2.45) is 0 Å². The van der Waals surface area contributed by atoms with Crippen LogP contribution >= 0.6 is 0 Å². The lowest BCUT2D eigenvalue weighted by molar-refractivity contribution is -0.192. The molecule has 9 nitrogen and oxygen atoms in total. The van der Waals surface area contributed by atoms with Gasteiger partial charge >= 0.3 is 17.8 Å². The zero-order valence-corrected chi connectivity index (χ0v) is 26.6. The summed E-state index contributed by atoms with van der Waals surface area (Å²) in [6.45, 7) is 2.73. The smallest absolute Gasteiger partial charge is 0.475 e.